The summed E-state index contributed by atoms with van der Waals surface area (Å²) >= 11 is 1.90. The number of allylic oxidation sites excluding steroid dienone is 1. The van der Waals surface area contributed by atoms with Gasteiger partial charge in [0.05, 0.1) is 0 Å². The fraction of sp³-hybridized carbons (Fsp3) is 0.435. The summed E-state index contributed by atoms with van der Waals surface area (Å²) in [6.07, 6.45) is 14.8. The third kappa shape index (κ3) is 9.00. The zero-order valence-electron chi connectivity index (χ0n) is 15.5. The van der Waals surface area contributed by atoms with Crippen LogP contribution < -0.4 is 0 Å². The van der Waals surface area contributed by atoms with Gasteiger partial charge in [-0.2, -0.15) is 0 Å². The van der Waals surface area contributed by atoms with Crippen molar-refractivity contribution in [2.24, 2.45) is 0 Å². The highest BCUT2D eigenvalue weighted by Gasteiger charge is 1.99. The van der Waals surface area contributed by atoms with Crippen LogP contribution in [0.1, 0.15) is 66.7 Å². The largest absolute Gasteiger partial charge is 0.481 e. The average molecular weight is 371 g/mol. The number of rotatable bonds is 13. The van der Waals surface area contributed by atoms with Crippen LogP contribution in [0.15, 0.2) is 48.5 Å². The van der Waals surface area contributed by atoms with Crippen LogP contribution in [-0.4, -0.2) is 11.1 Å². The number of benzene rings is 1. The standard InChI is InChI=1S/C23H30O2S/c24-23(25)17-10-5-3-1-2-4-9-15-21-18-19-22(26-21)16-11-14-20-12-7-6-8-13-20/h6-9,12-13,15,18-19H,1-5,10-11,14,16-17H2,(H,24,25). The van der Waals surface area contributed by atoms with Gasteiger partial charge < -0.3 is 5.11 Å². The van der Waals surface area contributed by atoms with Gasteiger partial charge in [0.1, 0.15) is 0 Å². The second-order valence-corrected chi connectivity index (χ2v) is 7.95. The Morgan fingerprint density at radius 1 is 0.885 bits per heavy atom. The molecule has 1 heterocycles. The molecule has 26 heavy (non-hydrogen) atoms. The van der Waals surface area contributed by atoms with Crippen molar-refractivity contribution in [3.05, 3.63) is 63.9 Å². The molecule has 0 amide bonds. The van der Waals surface area contributed by atoms with E-state index < -0.39 is 5.97 Å². The normalized spacial score (nSPS) is 11.2. The molecule has 140 valence electrons. The molecule has 0 saturated carbocycles. The highest BCUT2D eigenvalue weighted by atomic mass is 32.1. The topological polar surface area (TPSA) is 37.3 Å². The molecule has 0 aliphatic rings. The van der Waals surface area contributed by atoms with Crippen molar-refractivity contribution < 1.29 is 9.90 Å². The molecule has 0 saturated heterocycles. The van der Waals surface area contributed by atoms with E-state index in [0.717, 1.165) is 38.5 Å². The number of unbranched alkanes of at least 4 members (excludes halogenated alkanes) is 5. The van der Waals surface area contributed by atoms with E-state index in [1.54, 1.807) is 0 Å². The van der Waals surface area contributed by atoms with Crippen molar-refractivity contribution in [1.29, 1.82) is 0 Å². The van der Waals surface area contributed by atoms with Crippen LogP contribution in [-0.2, 0) is 17.6 Å². The lowest BCUT2D eigenvalue weighted by atomic mass is 10.1. The third-order valence-corrected chi connectivity index (χ3v) is 5.57. The Bertz CT molecular complexity index is 658. The Morgan fingerprint density at radius 2 is 1.65 bits per heavy atom. The molecule has 0 radical (unpaired) electrons. The molecule has 0 atom stereocenters. The maximum atomic E-state index is 10.4. The molecule has 0 aliphatic carbocycles. The van der Waals surface area contributed by atoms with E-state index in [0.29, 0.717) is 6.42 Å². The molecule has 2 rings (SSSR count). The van der Waals surface area contributed by atoms with Crippen molar-refractivity contribution >= 4 is 23.4 Å². The first-order valence-electron chi connectivity index (χ1n) is 9.75. The molecule has 0 fully saturated rings. The molecule has 0 unspecified atom stereocenters. The Balaban J connectivity index is 1.54. The predicted molar refractivity (Wildman–Crippen MR) is 112 cm³/mol. The van der Waals surface area contributed by atoms with Crippen LogP contribution >= 0.6 is 11.3 Å². The molecule has 2 aromatic rings. The zero-order chi connectivity index (χ0) is 18.5. The number of hydrogen-bond acceptors (Lipinski definition) is 2. The smallest absolute Gasteiger partial charge is 0.303 e. The first-order valence-corrected chi connectivity index (χ1v) is 10.6. The first-order chi connectivity index (χ1) is 12.7. The Morgan fingerprint density at radius 3 is 2.46 bits per heavy atom. The number of hydrogen-bond donors (Lipinski definition) is 1. The van der Waals surface area contributed by atoms with Gasteiger partial charge in [-0.3, -0.25) is 4.79 Å². The lowest BCUT2D eigenvalue weighted by molar-refractivity contribution is -0.137. The Kier molecular flexibility index (Phi) is 9.81. The van der Waals surface area contributed by atoms with E-state index in [1.165, 1.54) is 34.6 Å². The van der Waals surface area contributed by atoms with E-state index in [1.807, 2.05) is 11.3 Å². The number of aryl methyl sites for hydroxylation is 2. The Hall–Kier alpha value is -1.87. The number of carbonyl (C=O) groups is 1. The summed E-state index contributed by atoms with van der Waals surface area (Å²) in [5.41, 5.74) is 1.42. The van der Waals surface area contributed by atoms with E-state index >= 15 is 0 Å². The summed E-state index contributed by atoms with van der Waals surface area (Å²) in [7, 11) is 0. The SMILES string of the molecule is O=C(O)CCCCCCCC=Cc1ccc(CCCc2ccccc2)s1. The number of carboxylic acid groups (broad SMARTS) is 1. The van der Waals surface area contributed by atoms with Crippen LogP contribution in [0.4, 0.5) is 0 Å². The summed E-state index contributed by atoms with van der Waals surface area (Å²) in [6, 6.07) is 15.2. The summed E-state index contributed by atoms with van der Waals surface area (Å²) in [5, 5.41) is 8.59. The minimum Gasteiger partial charge on any atom is -0.481 e. The maximum absolute atomic E-state index is 10.4. The lowest BCUT2D eigenvalue weighted by Gasteiger charge is -1.99. The van der Waals surface area contributed by atoms with Crippen LogP contribution in [0.3, 0.4) is 0 Å². The molecule has 0 spiro atoms. The second-order valence-electron chi connectivity index (χ2n) is 6.75. The van der Waals surface area contributed by atoms with Crippen molar-refractivity contribution in [3.8, 4) is 0 Å². The van der Waals surface area contributed by atoms with Gasteiger partial charge in [-0.1, -0.05) is 55.7 Å². The van der Waals surface area contributed by atoms with Gasteiger partial charge in [0.25, 0.3) is 0 Å². The minimum atomic E-state index is -0.677. The third-order valence-electron chi connectivity index (χ3n) is 4.46. The maximum Gasteiger partial charge on any atom is 0.303 e. The van der Waals surface area contributed by atoms with Crippen LogP contribution in [0.25, 0.3) is 6.08 Å². The fourth-order valence-corrected chi connectivity index (χ4v) is 3.98. The number of carboxylic acids is 1. The molecule has 1 aromatic carbocycles. The summed E-state index contributed by atoms with van der Waals surface area (Å²) in [5.74, 6) is -0.677. The quantitative estimate of drug-likeness (QED) is 0.396. The summed E-state index contributed by atoms with van der Waals surface area (Å²) < 4.78 is 0. The molecule has 2 nitrogen and oxygen atoms in total. The van der Waals surface area contributed by atoms with Gasteiger partial charge in [-0.25, -0.2) is 0 Å². The first kappa shape index (κ1) is 20.4. The van der Waals surface area contributed by atoms with Gasteiger partial charge in [-0.15, -0.1) is 11.3 Å². The zero-order valence-corrected chi connectivity index (χ0v) is 16.3. The van der Waals surface area contributed by atoms with Gasteiger partial charge >= 0.3 is 5.97 Å². The molecule has 1 N–H and O–H groups in total. The van der Waals surface area contributed by atoms with Crippen molar-refractivity contribution in [3.63, 3.8) is 0 Å². The number of thiophene rings is 1. The summed E-state index contributed by atoms with van der Waals surface area (Å²) in [6.45, 7) is 0. The summed E-state index contributed by atoms with van der Waals surface area (Å²) in [4.78, 5) is 13.2. The van der Waals surface area contributed by atoms with E-state index in [9.17, 15) is 4.79 Å². The monoisotopic (exact) mass is 370 g/mol. The predicted octanol–water partition coefficient (Wildman–Crippen LogP) is 6.75. The van der Waals surface area contributed by atoms with E-state index in [-0.39, 0.29) is 0 Å². The minimum absolute atomic E-state index is 0.311. The van der Waals surface area contributed by atoms with Gasteiger partial charge in [-0.05, 0) is 62.3 Å². The molecule has 0 aliphatic heterocycles. The van der Waals surface area contributed by atoms with Gasteiger partial charge in [0, 0.05) is 16.2 Å². The molecular formula is C23H30O2S. The van der Waals surface area contributed by atoms with Crippen LogP contribution in [0.5, 0.6) is 0 Å². The molecule has 1 aromatic heterocycles. The molecule has 3 heteroatoms. The Labute approximate surface area is 161 Å². The van der Waals surface area contributed by atoms with Crippen molar-refractivity contribution in [1.82, 2.24) is 0 Å². The average Bonchev–Trinajstić information content (AvgIpc) is 3.09. The second kappa shape index (κ2) is 12.5. The fourth-order valence-electron chi connectivity index (χ4n) is 3.00. The van der Waals surface area contributed by atoms with Gasteiger partial charge in [0.2, 0.25) is 0 Å². The van der Waals surface area contributed by atoms with E-state index in [4.69, 9.17) is 5.11 Å². The van der Waals surface area contributed by atoms with Crippen LogP contribution in [0.2, 0.25) is 0 Å². The van der Waals surface area contributed by atoms with E-state index in [2.05, 4.69) is 54.6 Å². The number of aliphatic carboxylic acids is 1. The van der Waals surface area contributed by atoms with Gasteiger partial charge in [0.15, 0.2) is 0 Å². The van der Waals surface area contributed by atoms with Crippen molar-refractivity contribution in [2.45, 2.75) is 64.2 Å². The van der Waals surface area contributed by atoms with Crippen LogP contribution in [0, 0.1) is 0 Å². The highest BCUT2D eigenvalue weighted by molar-refractivity contribution is 7.12. The highest BCUT2D eigenvalue weighted by Crippen LogP contribution is 2.20. The van der Waals surface area contributed by atoms with Crippen molar-refractivity contribution in [2.75, 3.05) is 0 Å². The molecule has 0 bridgehead atoms. The lowest BCUT2D eigenvalue weighted by Crippen LogP contribution is -1.93. The molecular weight excluding hydrogens is 340 g/mol.